The van der Waals surface area contributed by atoms with Gasteiger partial charge in [0.15, 0.2) is 0 Å². The monoisotopic (exact) mass is 641 g/mol. The molecule has 2 aromatic heterocycles. The van der Waals surface area contributed by atoms with E-state index >= 15 is 0 Å². The van der Waals surface area contributed by atoms with Gasteiger partial charge in [-0.25, -0.2) is 4.72 Å². The van der Waals surface area contributed by atoms with Crippen LogP contribution in [0.15, 0.2) is 54.7 Å². The van der Waals surface area contributed by atoms with Crippen molar-refractivity contribution in [3.63, 3.8) is 0 Å². The first kappa shape index (κ1) is 31.5. The number of carbonyl (C=O) groups excluding carboxylic acids is 2. The number of hydrogen-bond acceptors (Lipinski definition) is 6. The molecule has 11 heteroatoms. The summed E-state index contributed by atoms with van der Waals surface area (Å²) < 4.78 is 36.0. The molecule has 0 atom stereocenters. The molecule has 0 unspecified atom stereocenters. The molecular weight excluding hydrogens is 602 g/mol. The lowest BCUT2D eigenvalue weighted by Gasteiger charge is -2.24. The number of allylic oxidation sites excluding steroid dienone is 1. The number of carbonyl (C=O) groups is 2. The molecule has 3 heterocycles. The summed E-state index contributed by atoms with van der Waals surface area (Å²) in [5.74, 6) is 0.174. The highest BCUT2D eigenvalue weighted by Crippen LogP contribution is 2.47. The first-order valence-corrected chi connectivity index (χ1v) is 16.9. The van der Waals surface area contributed by atoms with Crippen molar-refractivity contribution >= 4 is 44.6 Å². The number of aromatic nitrogens is 2. The Hall–Kier alpha value is -4.48. The molecule has 2 aliphatic rings. The minimum atomic E-state index is -3.98. The van der Waals surface area contributed by atoms with Crippen LogP contribution in [-0.4, -0.2) is 74.3 Å². The molecule has 2 aromatic carbocycles. The molecule has 1 saturated carbocycles. The van der Waals surface area contributed by atoms with Gasteiger partial charge in [0.25, 0.3) is 11.8 Å². The van der Waals surface area contributed by atoms with Gasteiger partial charge in [0, 0.05) is 56.4 Å². The van der Waals surface area contributed by atoms with Crippen molar-refractivity contribution in [3.05, 3.63) is 82.7 Å². The summed E-state index contributed by atoms with van der Waals surface area (Å²) in [6.45, 7) is 0.376. The van der Waals surface area contributed by atoms with Crippen molar-refractivity contribution in [2.75, 3.05) is 35.3 Å². The van der Waals surface area contributed by atoms with Crippen molar-refractivity contribution in [1.29, 1.82) is 0 Å². The van der Waals surface area contributed by atoms with Gasteiger partial charge < -0.3 is 14.2 Å². The minimum absolute atomic E-state index is 0.152. The van der Waals surface area contributed by atoms with Crippen LogP contribution in [0.25, 0.3) is 33.8 Å². The van der Waals surface area contributed by atoms with Crippen LogP contribution >= 0.6 is 0 Å². The Morgan fingerprint density at radius 1 is 1.00 bits per heavy atom. The average Bonchev–Trinajstić information content (AvgIpc) is 3.26. The number of nitrogens with one attached hydrogen (secondary N) is 1. The van der Waals surface area contributed by atoms with Crippen molar-refractivity contribution < 1.29 is 22.7 Å². The van der Waals surface area contributed by atoms with Gasteiger partial charge in [0.05, 0.1) is 30.6 Å². The van der Waals surface area contributed by atoms with Crippen molar-refractivity contribution in [2.24, 2.45) is 0 Å². The molecule has 6 rings (SSSR count). The molecule has 240 valence electrons. The van der Waals surface area contributed by atoms with Gasteiger partial charge in [-0.2, -0.15) is 12.7 Å². The second kappa shape index (κ2) is 12.4. The Bertz CT molecular complexity index is 1990. The number of benzene rings is 2. The molecule has 0 saturated heterocycles. The van der Waals surface area contributed by atoms with Crippen molar-refractivity contribution in [3.8, 4) is 17.0 Å². The fraction of sp³-hybridized carbons (Fsp3) is 0.343. The van der Waals surface area contributed by atoms with Crippen LogP contribution in [0.5, 0.6) is 5.75 Å². The highest BCUT2D eigenvalue weighted by Gasteiger charge is 2.31. The van der Waals surface area contributed by atoms with Gasteiger partial charge in [-0.3, -0.25) is 14.6 Å². The Morgan fingerprint density at radius 3 is 2.46 bits per heavy atom. The molecule has 1 aliphatic carbocycles. The number of fused-ring (bicyclic) bond motifs is 5. The SMILES string of the molecule is COc1ccc2c(c1)C=C(c1ncccc1C(=O)N(C)C)Cn1c-2c(C2CCCCC2)c2ccc(C(=O)NS(=O)(=O)N(C)C)cc21. The number of nitrogens with zero attached hydrogens (tertiary/aromatic N) is 4. The van der Waals surface area contributed by atoms with E-state index in [-0.39, 0.29) is 11.5 Å². The molecule has 0 spiro atoms. The van der Waals surface area contributed by atoms with Gasteiger partial charge >= 0.3 is 10.2 Å². The lowest BCUT2D eigenvalue weighted by atomic mass is 9.81. The van der Waals surface area contributed by atoms with E-state index in [0.29, 0.717) is 29.5 Å². The zero-order valence-corrected chi connectivity index (χ0v) is 27.6. The lowest BCUT2D eigenvalue weighted by Crippen LogP contribution is -2.39. The third-order valence-electron chi connectivity index (χ3n) is 9.00. The molecule has 2 amide bonds. The highest BCUT2D eigenvalue weighted by atomic mass is 32.2. The quantitative estimate of drug-likeness (QED) is 0.283. The van der Waals surface area contributed by atoms with Gasteiger partial charge in [0.2, 0.25) is 0 Å². The fourth-order valence-corrected chi connectivity index (χ4v) is 7.20. The minimum Gasteiger partial charge on any atom is -0.497 e. The second-order valence-corrected chi connectivity index (χ2v) is 14.2. The molecule has 0 bridgehead atoms. The van der Waals surface area contributed by atoms with Gasteiger partial charge in [-0.05, 0) is 84.0 Å². The topological polar surface area (TPSA) is 114 Å². The van der Waals surface area contributed by atoms with Crippen LogP contribution in [0.2, 0.25) is 0 Å². The van der Waals surface area contributed by atoms with Crippen molar-refractivity contribution in [2.45, 2.75) is 44.6 Å². The van der Waals surface area contributed by atoms with Crippen LogP contribution in [0.1, 0.15) is 75.6 Å². The Morgan fingerprint density at radius 2 is 1.76 bits per heavy atom. The van der Waals surface area contributed by atoms with Crippen LogP contribution in [0.3, 0.4) is 0 Å². The zero-order valence-electron chi connectivity index (χ0n) is 26.8. The molecule has 1 fully saturated rings. The van der Waals surface area contributed by atoms with Crippen molar-refractivity contribution in [1.82, 2.24) is 23.5 Å². The molecule has 46 heavy (non-hydrogen) atoms. The van der Waals surface area contributed by atoms with Gasteiger partial charge in [-0.15, -0.1) is 0 Å². The zero-order chi connectivity index (χ0) is 32.7. The third-order valence-corrected chi connectivity index (χ3v) is 10.4. The van der Waals surface area contributed by atoms with Crippen LogP contribution < -0.4 is 9.46 Å². The van der Waals surface area contributed by atoms with E-state index in [1.165, 1.54) is 26.1 Å². The third kappa shape index (κ3) is 5.69. The normalized spacial score (nSPS) is 15.1. The average molecular weight is 642 g/mol. The second-order valence-electron chi connectivity index (χ2n) is 12.4. The van der Waals surface area contributed by atoms with E-state index in [9.17, 15) is 18.0 Å². The maximum Gasteiger partial charge on any atom is 0.303 e. The number of ether oxygens (including phenoxy) is 1. The van der Waals surface area contributed by atoms with E-state index in [2.05, 4.69) is 21.4 Å². The van der Waals surface area contributed by atoms with Gasteiger partial charge in [-0.1, -0.05) is 25.3 Å². The predicted octanol–water partition coefficient (Wildman–Crippen LogP) is 5.55. The summed E-state index contributed by atoms with van der Waals surface area (Å²) >= 11 is 0. The molecule has 1 N–H and O–H groups in total. The standard InChI is InChI=1S/C35H39N5O5S/c1-38(2)35(42)29-12-9-17-36-32(29)25-18-24-19-26(45-5)14-16-27(24)33-31(22-10-7-6-8-11-22)28-15-13-23(20-30(28)40(33)21-25)34(41)37-46(43,44)39(3)4/h9,12-20,22H,6-8,10-11,21H2,1-5H3,(H,37,41). The summed E-state index contributed by atoms with van der Waals surface area (Å²) in [5.41, 5.74) is 7.20. The molecular formula is C35H39N5O5S. The maximum absolute atomic E-state index is 13.3. The molecule has 10 nitrogen and oxygen atoms in total. The Labute approximate surface area is 269 Å². The number of hydrogen-bond donors (Lipinski definition) is 1. The van der Waals surface area contributed by atoms with Crippen LogP contribution in [-0.2, 0) is 16.8 Å². The van der Waals surface area contributed by atoms with Gasteiger partial charge in [0.1, 0.15) is 5.75 Å². The largest absolute Gasteiger partial charge is 0.497 e. The molecule has 1 aliphatic heterocycles. The van der Waals surface area contributed by atoms with E-state index < -0.39 is 16.1 Å². The smallest absolute Gasteiger partial charge is 0.303 e. The first-order valence-electron chi connectivity index (χ1n) is 15.5. The summed E-state index contributed by atoms with van der Waals surface area (Å²) in [5, 5.41) is 1.03. The summed E-state index contributed by atoms with van der Waals surface area (Å²) in [7, 11) is 3.84. The number of pyridine rings is 1. The van der Waals surface area contributed by atoms with E-state index in [1.54, 1.807) is 56.6 Å². The van der Waals surface area contributed by atoms with Crippen LogP contribution in [0, 0.1) is 0 Å². The summed E-state index contributed by atoms with van der Waals surface area (Å²) in [6, 6.07) is 15.0. The fourth-order valence-electron chi connectivity index (χ4n) is 6.67. The number of rotatable bonds is 7. The maximum atomic E-state index is 13.3. The van der Waals surface area contributed by atoms with E-state index in [4.69, 9.17) is 9.72 Å². The summed E-state index contributed by atoms with van der Waals surface area (Å²) in [4.78, 5) is 32.9. The lowest BCUT2D eigenvalue weighted by molar-refractivity contribution is 0.0826. The number of amides is 2. The highest BCUT2D eigenvalue weighted by molar-refractivity contribution is 7.87. The Balaban J connectivity index is 1.63. The first-order chi connectivity index (χ1) is 22.0. The predicted molar refractivity (Wildman–Crippen MR) is 180 cm³/mol. The van der Waals surface area contributed by atoms with E-state index in [0.717, 1.165) is 63.3 Å². The molecule has 0 radical (unpaired) electrons. The number of methoxy groups -OCH3 is 1. The Kier molecular flexibility index (Phi) is 8.47. The molecule has 4 aromatic rings. The van der Waals surface area contributed by atoms with Crippen LogP contribution in [0.4, 0.5) is 0 Å². The van der Waals surface area contributed by atoms with E-state index in [1.807, 2.05) is 18.2 Å². The summed E-state index contributed by atoms with van der Waals surface area (Å²) in [6.07, 6.45) is 9.38.